The first-order chi connectivity index (χ1) is 11.0. The van der Waals surface area contributed by atoms with E-state index in [1.165, 1.54) is 0 Å². The first-order valence-corrected chi connectivity index (χ1v) is 9.43. The molecule has 1 saturated heterocycles. The minimum Gasteiger partial charge on any atom is -0.864 e. The number of nitrogens with zero attached hydrogens (tertiary/aromatic N) is 2. The smallest absolute Gasteiger partial charge is 0.242 e. The van der Waals surface area contributed by atoms with E-state index in [1.54, 1.807) is 39.8 Å². The molecule has 1 aromatic rings. The third-order valence-electron chi connectivity index (χ3n) is 3.16. The van der Waals surface area contributed by atoms with Crippen molar-refractivity contribution in [2.24, 2.45) is 0 Å². The first kappa shape index (κ1) is 18.1. The lowest BCUT2D eigenvalue weighted by Crippen LogP contribution is -2.21. The van der Waals surface area contributed by atoms with Crippen molar-refractivity contribution in [2.75, 3.05) is 6.54 Å². The molecule has 1 aromatic heterocycles. The van der Waals surface area contributed by atoms with Gasteiger partial charge in [-0.05, 0) is 55.0 Å². The number of carbonyl (C=O) groups is 1. The molecule has 2 heterocycles. The molecule has 23 heavy (non-hydrogen) atoms. The Morgan fingerprint density at radius 2 is 1.91 bits per heavy atom. The first-order valence-electron chi connectivity index (χ1n) is 6.98. The molecular weight excluding hydrogens is 368 g/mol. The van der Waals surface area contributed by atoms with Crippen LogP contribution in [0.3, 0.4) is 0 Å². The van der Waals surface area contributed by atoms with E-state index in [4.69, 9.17) is 24.4 Å². The molecule has 1 fully saturated rings. The fourth-order valence-electron chi connectivity index (χ4n) is 2.06. The van der Waals surface area contributed by atoms with Crippen LogP contribution >= 0.6 is 47.5 Å². The van der Waals surface area contributed by atoms with Crippen molar-refractivity contribution in [1.29, 1.82) is 0 Å². The largest absolute Gasteiger partial charge is 0.864 e. The number of rotatable bonds is 5. The van der Waals surface area contributed by atoms with E-state index in [0.29, 0.717) is 32.8 Å². The molecule has 1 aliphatic heterocycles. The average molecular weight is 384 g/mol. The quantitative estimate of drug-likeness (QED) is 0.439. The van der Waals surface area contributed by atoms with Crippen LogP contribution in [-0.2, 0) is 11.3 Å². The third-order valence-corrected chi connectivity index (χ3v) is 5.68. The summed E-state index contributed by atoms with van der Waals surface area (Å²) in [6.07, 6.45) is 8.78. The van der Waals surface area contributed by atoms with Gasteiger partial charge < -0.3 is 14.6 Å². The van der Waals surface area contributed by atoms with Crippen LogP contribution in [0.25, 0.3) is 6.08 Å². The highest BCUT2D eigenvalue weighted by atomic mass is 32.2. The zero-order valence-electron chi connectivity index (χ0n) is 12.6. The molecule has 0 unspecified atom stereocenters. The van der Waals surface area contributed by atoms with Crippen LogP contribution in [-0.4, -0.2) is 25.4 Å². The number of thiocarbonyl (C=S) groups is 1. The van der Waals surface area contributed by atoms with Gasteiger partial charge in [0.05, 0.1) is 5.70 Å². The Bertz CT molecular complexity index is 771. The van der Waals surface area contributed by atoms with E-state index < -0.39 is 0 Å². The molecule has 0 spiro atoms. The van der Waals surface area contributed by atoms with Gasteiger partial charge in [-0.1, -0.05) is 30.4 Å². The molecule has 1 aliphatic rings. The van der Waals surface area contributed by atoms with Crippen LogP contribution in [0, 0.1) is 3.95 Å². The summed E-state index contributed by atoms with van der Waals surface area (Å²) in [5.74, 6) is 0. The monoisotopic (exact) mass is 383 g/mol. The van der Waals surface area contributed by atoms with Crippen LogP contribution in [0.5, 0.6) is 5.06 Å². The Labute approximate surface area is 153 Å². The van der Waals surface area contributed by atoms with E-state index >= 15 is 0 Å². The van der Waals surface area contributed by atoms with E-state index in [-0.39, 0.29) is 10.2 Å². The highest BCUT2D eigenvalue weighted by Crippen LogP contribution is 2.28. The van der Waals surface area contributed by atoms with E-state index in [0.717, 1.165) is 23.1 Å². The van der Waals surface area contributed by atoms with Gasteiger partial charge in [-0.15, -0.1) is 11.3 Å². The lowest BCUT2D eigenvalue weighted by Gasteiger charge is -2.13. The SMILES string of the molecule is CCN1C(=S)SC(=O)/C1=C\C=CC=Cc1c([O-])sc(=S)n1CC. The van der Waals surface area contributed by atoms with Crippen LogP contribution in [0.1, 0.15) is 19.5 Å². The zero-order chi connectivity index (χ0) is 17.0. The van der Waals surface area contributed by atoms with Crippen molar-refractivity contribution in [2.45, 2.75) is 20.4 Å². The van der Waals surface area contributed by atoms with Gasteiger partial charge in [-0.25, -0.2) is 0 Å². The Hall–Kier alpha value is -1.22. The van der Waals surface area contributed by atoms with Gasteiger partial charge in [0.2, 0.25) is 5.12 Å². The van der Waals surface area contributed by atoms with Gasteiger partial charge in [0.25, 0.3) is 0 Å². The lowest BCUT2D eigenvalue weighted by molar-refractivity contribution is -0.262. The number of thioether (sulfide) groups is 1. The predicted molar refractivity (Wildman–Crippen MR) is 102 cm³/mol. The van der Waals surface area contributed by atoms with Crippen molar-refractivity contribution in [1.82, 2.24) is 9.47 Å². The van der Waals surface area contributed by atoms with Gasteiger partial charge in [0.15, 0.2) is 3.95 Å². The Morgan fingerprint density at radius 3 is 2.57 bits per heavy atom. The minimum atomic E-state index is -0.0373. The maximum absolute atomic E-state index is 11.8. The van der Waals surface area contributed by atoms with Crippen molar-refractivity contribution in [3.8, 4) is 5.06 Å². The highest BCUT2D eigenvalue weighted by Gasteiger charge is 2.29. The molecule has 0 aliphatic carbocycles. The number of hydrogen-bond donors (Lipinski definition) is 0. The molecule has 0 N–H and O–H groups in total. The highest BCUT2D eigenvalue weighted by molar-refractivity contribution is 8.33. The number of hydrogen-bond acceptors (Lipinski definition) is 6. The van der Waals surface area contributed by atoms with Gasteiger partial charge in [0.1, 0.15) is 4.32 Å². The molecule has 8 heteroatoms. The minimum absolute atomic E-state index is 0.0373. The van der Waals surface area contributed by atoms with Crippen molar-refractivity contribution in [3.63, 3.8) is 0 Å². The van der Waals surface area contributed by atoms with Crippen molar-refractivity contribution < 1.29 is 9.90 Å². The second-order valence-corrected chi connectivity index (χ2v) is 7.69. The molecule has 122 valence electrons. The molecule has 0 amide bonds. The molecule has 0 aromatic carbocycles. The summed E-state index contributed by atoms with van der Waals surface area (Å²) in [5, 5.41) is 11.8. The van der Waals surface area contributed by atoms with E-state index in [1.807, 2.05) is 13.8 Å². The molecular formula is C15H15N2O2S4-. The second kappa shape index (κ2) is 8.05. The summed E-state index contributed by atoms with van der Waals surface area (Å²) < 4.78 is 2.98. The molecule has 0 bridgehead atoms. The van der Waals surface area contributed by atoms with E-state index in [9.17, 15) is 9.90 Å². The number of likely N-dealkylation sites (N-methyl/N-ethyl adjacent to an activating group) is 1. The molecule has 0 saturated carbocycles. The topological polar surface area (TPSA) is 48.3 Å². The van der Waals surface area contributed by atoms with Crippen LogP contribution < -0.4 is 5.11 Å². The Morgan fingerprint density at radius 1 is 1.17 bits per heavy atom. The number of aromatic nitrogens is 1. The summed E-state index contributed by atoms with van der Waals surface area (Å²) >= 11 is 12.4. The Kier molecular flexibility index (Phi) is 6.34. The summed E-state index contributed by atoms with van der Waals surface area (Å²) in [4.78, 5) is 13.6. The van der Waals surface area contributed by atoms with E-state index in [2.05, 4.69) is 0 Å². The second-order valence-electron chi connectivity index (χ2n) is 4.48. The van der Waals surface area contributed by atoms with Crippen LogP contribution in [0.2, 0.25) is 0 Å². The van der Waals surface area contributed by atoms with Gasteiger partial charge in [-0.2, -0.15) is 0 Å². The zero-order valence-corrected chi connectivity index (χ0v) is 15.9. The molecule has 4 nitrogen and oxygen atoms in total. The third kappa shape index (κ3) is 4.00. The average Bonchev–Trinajstić information content (AvgIpc) is 2.93. The van der Waals surface area contributed by atoms with Crippen LogP contribution in [0.15, 0.2) is 30.0 Å². The summed E-state index contributed by atoms with van der Waals surface area (Å²) in [6, 6.07) is 0. The molecule has 2 rings (SSSR count). The number of allylic oxidation sites excluding steroid dienone is 4. The predicted octanol–water partition coefficient (Wildman–Crippen LogP) is 3.71. The number of carbonyl (C=O) groups excluding carboxylic acids is 1. The standard InChI is InChI=1S/C15H16N2O2S4/c1-3-16-10(12(18)22-14(16)20)8-6-5-7-9-11-13(19)23-15(21)17(11)4-2/h5-9,18H,3-4H2,1-2H3/p-1/b7-5?,8-6?,11-9+. The maximum atomic E-state index is 11.8. The van der Waals surface area contributed by atoms with Crippen molar-refractivity contribution >= 4 is 63.0 Å². The molecule has 0 radical (unpaired) electrons. The molecule has 0 atom stereocenters. The summed E-state index contributed by atoms with van der Waals surface area (Å²) in [5.41, 5.74) is 1.17. The normalized spacial score (nSPS) is 17.5. The number of thiazole rings is 1. The fraction of sp³-hybridized carbons (Fsp3) is 0.267. The van der Waals surface area contributed by atoms with Gasteiger partial charge in [-0.3, -0.25) is 4.79 Å². The van der Waals surface area contributed by atoms with Crippen molar-refractivity contribution in [3.05, 3.63) is 39.6 Å². The lowest BCUT2D eigenvalue weighted by atomic mass is 10.3. The van der Waals surface area contributed by atoms with Gasteiger partial charge in [0, 0.05) is 18.8 Å². The Balaban J connectivity index is 2.13. The summed E-state index contributed by atoms with van der Waals surface area (Å²) in [6.45, 7) is 5.23. The van der Waals surface area contributed by atoms with Gasteiger partial charge >= 0.3 is 0 Å². The van der Waals surface area contributed by atoms with Crippen LogP contribution in [0.4, 0.5) is 0 Å². The fourth-order valence-corrected chi connectivity index (χ4v) is 4.53. The summed E-state index contributed by atoms with van der Waals surface area (Å²) in [7, 11) is 0. The maximum Gasteiger partial charge on any atom is 0.242 e.